The SMILES string of the molecule is C[C@@H](/C=C/CCn1cc(CCO)nn1)[C@]1(O)C(=O)N(Cc2ccc(NC(=O)[C@H]3O[C@@H](O)[C@H](O)[C@@H](O)[C@@H]3O)cc2)c2ccc(Br)cc21. The van der Waals surface area contributed by atoms with E-state index in [0.29, 0.717) is 52.1 Å². The van der Waals surface area contributed by atoms with Crippen LogP contribution in [0.5, 0.6) is 0 Å². The molecule has 2 aromatic carbocycles. The molecule has 7 N–H and O–H groups in total. The number of hydrogen-bond acceptors (Lipinski definition) is 11. The van der Waals surface area contributed by atoms with E-state index in [1.165, 1.54) is 4.90 Å². The van der Waals surface area contributed by atoms with Crippen LogP contribution in [0.2, 0.25) is 0 Å². The largest absolute Gasteiger partial charge is 0.396 e. The van der Waals surface area contributed by atoms with Crippen molar-refractivity contribution in [3.05, 3.63) is 82.1 Å². The van der Waals surface area contributed by atoms with Crippen molar-refractivity contribution in [3.8, 4) is 0 Å². The van der Waals surface area contributed by atoms with E-state index in [4.69, 9.17) is 9.84 Å². The Labute approximate surface area is 272 Å². The molecule has 3 aromatic rings. The number of ether oxygens (including phenoxy) is 1. The molecule has 0 radical (unpaired) electrons. The van der Waals surface area contributed by atoms with Gasteiger partial charge in [-0.3, -0.25) is 14.3 Å². The van der Waals surface area contributed by atoms with Gasteiger partial charge in [-0.05, 0) is 42.3 Å². The Morgan fingerprint density at radius 1 is 1.13 bits per heavy atom. The van der Waals surface area contributed by atoms with Crippen LogP contribution in [0, 0.1) is 5.92 Å². The van der Waals surface area contributed by atoms with Crippen molar-refractivity contribution in [1.82, 2.24) is 15.0 Å². The van der Waals surface area contributed by atoms with Crippen LogP contribution in [0.25, 0.3) is 0 Å². The number of nitrogens with zero attached hydrogens (tertiary/aromatic N) is 4. The lowest BCUT2D eigenvalue weighted by Gasteiger charge is -2.37. The van der Waals surface area contributed by atoms with Gasteiger partial charge in [0.05, 0.1) is 17.9 Å². The molecule has 5 rings (SSSR count). The van der Waals surface area contributed by atoms with E-state index in [0.717, 1.165) is 0 Å². The first kappa shape index (κ1) is 33.8. The molecule has 46 heavy (non-hydrogen) atoms. The number of aliphatic hydroxyl groups is 6. The minimum atomic E-state index is -1.85. The zero-order valence-corrected chi connectivity index (χ0v) is 26.4. The number of fused-ring (bicyclic) bond motifs is 1. The summed E-state index contributed by atoms with van der Waals surface area (Å²) >= 11 is 3.46. The Hall–Kier alpha value is -3.54. The van der Waals surface area contributed by atoms with Gasteiger partial charge in [0, 0.05) is 47.4 Å². The highest BCUT2D eigenvalue weighted by atomic mass is 79.9. The molecule has 0 unspecified atom stereocenters. The summed E-state index contributed by atoms with van der Waals surface area (Å²) in [4.78, 5) is 28.1. The molecule has 0 spiro atoms. The molecule has 2 aliphatic heterocycles. The van der Waals surface area contributed by atoms with Gasteiger partial charge in [-0.25, -0.2) is 0 Å². The van der Waals surface area contributed by atoms with E-state index in [2.05, 4.69) is 31.6 Å². The van der Waals surface area contributed by atoms with Gasteiger partial charge in [0.25, 0.3) is 11.8 Å². The van der Waals surface area contributed by atoms with E-state index < -0.39 is 54.0 Å². The Bertz CT molecular complexity index is 1580. The quantitative estimate of drug-likeness (QED) is 0.135. The van der Waals surface area contributed by atoms with Crippen LogP contribution in [0.15, 0.2) is 65.3 Å². The molecular weight excluding hydrogens is 666 g/mol. The third-order valence-electron chi connectivity index (χ3n) is 8.20. The highest BCUT2D eigenvalue weighted by Gasteiger charge is 2.52. The fourth-order valence-corrected chi connectivity index (χ4v) is 5.93. The van der Waals surface area contributed by atoms with Crippen molar-refractivity contribution in [3.63, 3.8) is 0 Å². The van der Waals surface area contributed by atoms with Crippen molar-refractivity contribution < 1.29 is 45.0 Å². The molecule has 2 aliphatic rings. The van der Waals surface area contributed by atoms with Crippen molar-refractivity contribution >= 4 is 39.1 Å². The number of aryl methyl sites for hydroxylation is 1. The van der Waals surface area contributed by atoms with Crippen LogP contribution in [0.1, 0.15) is 30.2 Å². The minimum absolute atomic E-state index is 0.00520. The number of carbonyl (C=O) groups excluding carboxylic acids is 2. The van der Waals surface area contributed by atoms with Gasteiger partial charge in [-0.15, -0.1) is 5.10 Å². The van der Waals surface area contributed by atoms with E-state index in [1.54, 1.807) is 66.3 Å². The van der Waals surface area contributed by atoms with E-state index in [1.807, 2.05) is 6.08 Å². The number of nitrogens with one attached hydrogen (secondary N) is 1. The number of halogens is 1. The second-order valence-corrected chi connectivity index (χ2v) is 12.3. The number of carbonyl (C=O) groups is 2. The van der Waals surface area contributed by atoms with Crippen LogP contribution in [-0.2, 0) is 39.4 Å². The number of benzene rings is 2. The van der Waals surface area contributed by atoms with E-state index >= 15 is 0 Å². The average molecular weight is 703 g/mol. The monoisotopic (exact) mass is 701 g/mol. The van der Waals surface area contributed by atoms with Crippen LogP contribution in [0.3, 0.4) is 0 Å². The number of amides is 2. The van der Waals surface area contributed by atoms with Crippen LogP contribution in [0.4, 0.5) is 11.4 Å². The first-order valence-electron chi connectivity index (χ1n) is 14.7. The molecule has 1 saturated heterocycles. The molecule has 246 valence electrons. The highest BCUT2D eigenvalue weighted by molar-refractivity contribution is 9.10. The van der Waals surface area contributed by atoms with Crippen molar-refractivity contribution in [2.24, 2.45) is 5.92 Å². The van der Waals surface area contributed by atoms with Gasteiger partial charge in [0.15, 0.2) is 18.0 Å². The molecule has 7 atom stereocenters. The second kappa shape index (κ2) is 14.1. The number of aromatic nitrogens is 3. The maximum atomic E-state index is 13.9. The Morgan fingerprint density at radius 2 is 1.87 bits per heavy atom. The Balaban J connectivity index is 1.26. The summed E-state index contributed by atoms with van der Waals surface area (Å²) in [5.41, 5.74) is 0.929. The zero-order valence-electron chi connectivity index (χ0n) is 24.8. The summed E-state index contributed by atoms with van der Waals surface area (Å²) in [6, 6.07) is 11.8. The first-order chi connectivity index (χ1) is 21.9. The molecule has 0 aliphatic carbocycles. The van der Waals surface area contributed by atoms with Crippen molar-refractivity contribution in [2.75, 3.05) is 16.8 Å². The molecule has 1 aromatic heterocycles. The molecule has 2 amide bonds. The van der Waals surface area contributed by atoms with Gasteiger partial charge >= 0.3 is 0 Å². The Kier molecular flexibility index (Phi) is 10.3. The summed E-state index contributed by atoms with van der Waals surface area (Å²) in [5, 5.41) is 70.9. The smallest absolute Gasteiger partial charge is 0.264 e. The average Bonchev–Trinajstić information content (AvgIpc) is 3.57. The lowest BCUT2D eigenvalue weighted by atomic mass is 9.83. The molecule has 14 nitrogen and oxygen atoms in total. The second-order valence-electron chi connectivity index (χ2n) is 11.4. The highest BCUT2D eigenvalue weighted by Crippen LogP contribution is 2.46. The Morgan fingerprint density at radius 3 is 2.59 bits per heavy atom. The first-order valence-corrected chi connectivity index (χ1v) is 15.5. The molecular formula is C31H36BrN5O9. The third kappa shape index (κ3) is 6.77. The van der Waals surface area contributed by atoms with Gasteiger partial charge in [0.2, 0.25) is 0 Å². The fourth-order valence-electron chi connectivity index (χ4n) is 5.57. The van der Waals surface area contributed by atoms with Crippen LogP contribution in [-0.4, -0.2) is 94.8 Å². The number of hydrogen-bond donors (Lipinski definition) is 7. The number of anilines is 2. The summed E-state index contributed by atoms with van der Waals surface area (Å²) < 4.78 is 7.36. The molecule has 15 heteroatoms. The number of aliphatic hydroxyl groups excluding tert-OH is 5. The van der Waals surface area contributed by atoms with Crippen molar-refractivity contribution in [1.29, 1.82) is 0 Å². The standard InChI is InChI=1S/C31H36BrN5O9/c1-17(4-2-3-12-36-16-21(11-13-38)34-35-36)31(45)22-14-19(32)7-10-23(22)37(30(31)44)15-18-5-8-20(9-6-18)33-28(42)27-25(40)24(39)26(41)29(43)46-27/h2,4-10,14,16-17,24-27,29,38-41,43,45H,3,11-13,15H2,1H3,(H,33,42)/b4-2+/t17-,24-,25-,26+,27-,29+,31+/m0/s1. The molecule has 0 bridgehead atoms. The van der Waals surface area contributed by atoms with E-state index in [9.17, 15) is 35.1 Å². The number of allylic oxidation sites excluding steroid dienone is 1. The van der Waals surface area contributed by atoms with Gasteiger partial charge in [-0.2, -0.15) is 0 Å². The zero-order chi connectivity index (χ0) is 33.2. The summed E-state index contributed by atoms with van der Waals surface area (Å²) in [7, 11) is 0. The van der Waals surface area contributed by atoms with Crippen LogP contribution < -0.4 is 10.2 Å². The van der Waals surface area contributed by atoms with Gasteiger partial charge in [-0.1, -0.05) is 52.4 Å². The lowest BCUT2D eigenvalue weighted by Crippen LogP contribution is -2.60. The summed E-state index contributed by atoms with van der Waals surface area (Å²) in [5.74, 6) is -1.89. The maximum absolute atomic E-state index is 13.9. The van der Waals surface area contributed by atoms with Crippen LogP contribution >= 0.6 is 15.9 Å². The van der Waals surface area contributed by atoms with Crippen molar-refractivity contribution in [2.45, 2.75) is 69.2 Å². The topological polar surface area (TPSA) is 211 Å². The molecule has 3 heterocycles. The third-order valence-corrected chi connectivity index (χ3v) is 8.70. The number of rotatable bonds is 11. The minimum Gasteiger partial charge on any atom is -0.396 e. The van der Waals surface area contributed by atoms with Gasteiger partial charge < -0.3 is 45.6 Å². The van der Waals surface area contributed by atoms with E-state index in [-0.39, 0.29) is 13.2 Å². The normalized spacial score (nSPS) is 26.8. The predicted octanol–water partition coefficient (Wildman–Crippen LogP) is 0.331. The molecule has 1 fully saturated rings. The molecule has 0 saturated carbocycles. The van der Waals surface area contributed by atoms with Gasteiger partial charge in [0.1, 0.15) is 18.3 Å². The predicted molar refractivity (Wildman–Crippen MR) is 167 cm³/mol. The lowest BCUT2D eigenvalue weighted by molar-refractivity contribution is -0.274. The summed E-state index contributed by atoms with van der Waals surface area (Å²) in [6.45, 7) is 2.44. The summed E-state index contributed by atoms with van der Waals surface area (Å²) in [6.07, 6.45) is -2.27. The fraction of sp³-hybridized carbons (Fsp3) is 0.419. The maximum Gasteiger partial charge on any atom is 0.264 e.